The maximum atomic E-state index is 12.9. The number of hydrogen-bond acceptors (Lipinski definition) is 8. The predicted octanol–water partition coefficient (Wildman–Crippen LogP) is 2.64. The second kappa shape index (κ2) is 12.6. The first-order valence-corrected chi connectivity index (χ1v) is 11.7. The Balaban J connectivity index is 0.00000324. The zero-order chi connectivity index (χ0) is 23.0. The highest BCUT2D eigenvalue weighted by Gasteiger charge is 2.23. The summed E-state index contributed by atoms with van der Waals surface area (Å²) in [6.45, 7) is 8.92. The standard InChI is InChI=1S/C24H34N6O3.ClH/c1-3-10-25-23-19(24(31)27-30-15-17-33-18-16-30)8-9-22(26-23)29-13-11-28(12-14-29)20-6-4-5-7-21(20)32-2;/h4-9H,3,10-18H2,1-2H3,(H,25,26)(H,27,31);1H. The Morgan fingerprint density at radius 2 is 1.74 bits per heavy atom. The van der Waals surface area contributed by atoms with Gasteiger partial charge in [-0.15, -0.1) is 12.4 Å². The molecule has 2 N–H and O–H groups in total. The maximum absolute atomic E-state index is 12.9. The van der Waals surface area contributed by atoms with Gasteiger partial charge in [0, 0.05) is 45.8 Å². The molecule has 3 heterocycles. The fourth-order valence-electron chi connectivity index (χ4n) is 4.13. The molecule has 186 valence electrons. The molecule has 2 aliphatic heterocycles. The van der Waals surface area contributed by atoms with Crippen LogP contribution in [0.2, 0.25) is 0 Å². The van der Waals surface area contributed by atoms with Gasteiger partial charge in [-0.25, -0.2) is 9.99 Å². The van der Waals surface area contributed by atoms with E-state index in [9.17, 15) is 4.79 Å². The number of aromatic nitrogens is 1. The molecular weight excluding hydrogens is 456 g/mol. The third-order valence-corrected chi connectivity index (χ3v) is 5.97. The largest absolute Gasteiger partial charge is 0.495 e. The highest BCUT2D eigenvalue weighted by molar-refractivity contribution is 5.98. The second-order valence-corrected chi connectivity index (χ2v) is 8.18. The van der Waals surface area contributed by atoms with Gasteiger partial charge >= 0.3 is 0 Å². The Morgan fingerprint density at radius 3 is 2.44 bits per heavy atom. The van der Waals surface area contributed by atoms with Gasteiger partial charge in [-0.2, -0.15) is 0 Å². The highest BCUT2D eigenvalue weighted by Crippen LogP contribution is 2.29. The number of morpholine rings is 1. The summed E-state index contributed by atoms with van der Waals surface area (Å²) >= 11 is 0. The van der Waals surface area contributed by atoms with Crippen molar-refractivity contribution in [1.29, 1.82) is 0 Å². The average Bonchev–Trinajstić information content (AvgIpc) is 2.88. The van der Waals surface area contributed by atoms with Crippen LogP contribution >= 0.6 is 12.4 Å². The van der Waals surface area contributed by atoms with Crippen LogP contribution in [0.3, 0.4) is 0 Å². The van der Waals surface area contributed by atoms with Crippen LogP contribution in [0.15, 0.2) is 36.4 Å². The molecule has 0 atom stereocenters. The van der Waals surface area contributed by atoms with E-state index in [0.717, 1.165) is 56.4 Å². The van der Waals surface area contributed by atoms with E-state index < -0.39 is 0 Å². The number of hydrazine groups is 1. The van der Waals surface area contributed by atoms with Gasteiger partial charge < -0.3 is 24.6 Å². The highest BCUT2D eigenvalue weighted by atomic mass is 35.5. The Morgan fingerprint density at radius 1 is 1.03 bits per heavy atom. The van der Waals surface area contributed by atoms with E-state index in [1.54, 1.807) is 7.11 Å². The van der Waals surface area contributed by atoms with Gasteiger partial charge in [0.05, 0.1) is 31.6 Å². The minimum Gasteiger partial charge on any atom is -0.495 e. The lowest BCUT2D eigenvalue weighted by molar-refractivity contribution is 0.0126. The first-order chi connectivity index (χ1) is 16.2. The van der Waals surface area contributed by atoms with Crippen LogP contribution in [0.1, 0.15) is 23.7 Å². The zero-order valence-corrected chi connectivity index (χ0v) is 20.8. The van der Waals surface area contributed by atoms with Gasteiger partial charge in [0.1, 0.15) is 17.4 Å². The number of nitrogens with zero attached hydrogens (tertiary/aromatic N) is 4. The van der Waals surface area contributed by atoms with Gasteiger partial charge in [0.15, 0.2) is 0 Å². The van der Waals surface area contributed by atoms with E-state index >= 15 is 0 Å². The van der Waals surface area contributed by atoms with Crippen molar-refractivity contribution in [2.24, 2.45) is 0 Å². The van der Waals surface area contributed by atoms with Crippen molar-refractivity contribution in [1.82, 2.24) is 15.4 Å². The summed E-state index contributed by atoms with van der Waals surface area (Å²) in [5.41, 5.74) is 4.67. The topological polar surface area (TPSA) is 82.2 Å². The molecule has 1 aromatic carbocycles. The maximum Gasteiger partial charge on any atom is 0.269 e. The fourth-order valence-corrected chi connectivity index (χ4v) is 4.13. The number of carbonyl (C=O) groups is 1. The summed E-state index contributed by atoms with van der Waals surface area (Å²) in [6, 6.07) is 12.0. The molecular formula is C24H35ClN6O3. The van der Waals surface area contributed by atoms with Gasteiger partial charge in [-0.3, -0.25) is 10.2 Å². The van der Waals surface area contributed by atoms with Crippen LogP contribution in [0.4, 0.5) is 17.3 Å². The molecule has 0 bridgehead atoms. The van der Waals surface area contributed by atoms with Crippen molar-refractivity contribution in [3.8, 4) is 5.75 Å². The molecule has 9 nitrogen and oxygen atoms in total. The van der Waals surface area contributed by atoms with Crippen LogP contribution in [-0.2, 0) is 4.74 Å². The molecule has 2 aliphatic rings. The van der Waals surface area contributed by atoms with Crippen molar-refractivity contribution >= 4 is 35.6 Å². The zero-order valence-electron chi connectivity index (χ0n) is 20.0. The molecule has 0 unspecified atom stereocenters. The smallest absolute Gasteiger partial charge is 0.269 e. The number of para-hydroxylation sites is 2. The van der Waals surface area contributed by atoms with Crippen LogP contribution in [0.25, 0.3) is 0 Å². The summed E-state index contributed by atoms with van der Waals surface area (Å²) in [4.78, 5) is 22.4. The molecule has 0 aliphatic carbocycles. The number of piperazine rings is 1. The Hall–Kier alpha value is -2.75. The number of rotatable bonds is 8. The van der Waals surface area contributed by atoms with Crippen LogP contribution in [0.5, 0.6) is 5.75 Å². The quantitative estimate of drug-likeness (QED) is 0.584. The number of hydrogen-bond donors (Lipinski definition) is 2. The summed E-state index contributed by atoms with van der Waals surface area (Å²) < 4.78 is 10.9. The first-order valence-electron chi connectivity index (χ1n) is 11.7. The van der Waals surface area contributed by atoms with Crippen LogP contribution in [-0.4, -0.2) is 82.0 Å². The molecule has 1 amide bonds. The molecule has 2 aromatic rings. The normalized spacial score (nSPS) is 16.5. The summed E-state index contributed by atoms with van der Waals surface area (Å²) in [5.74, 6) is 2.27. The molecule has 34 heavy (non-hydrogen) atoms. The number of carbonyl (C=O) groups excluding carboxylic acids is 1. The molecule has 10 heteroatoms. The number of ether oxygens (including phenoxy) is 2. The predicted molar refractivity (Wildman–Crippen MR) is 138 cm³/mol. The lowest BCUT2D eigenvalue weighted by Gasteiger charge is -2.37. The molecule has 0 saturated carbocycles. The number of nitrogens with one attached hydrogen (secondary N) is 2. The molecule has 4 rings (SSSR count). The minimum atomic E-state index is -0.143. The van der Waals surface area contributed by atoms with Crippen molar-refractivity contribution < 1.29 is 14.3 Å². The Kier molecular flexibility index (Phi) is 9.62. The van der Waals surface area contributed by atoms with Gasteiger partial charge in [-0.05, 0) is 30.7 Å². The average molecular weight is 491 g/mol. The van der Waals surface area contributed by atoms with Crippen molar-refractivity contribution in [2.45, 2.75) is 13.3 Å². The number of methoxy groups -OCH3 is 1. The number of benzene rings is 1. The molecule has 0 spiro atoms. The lowest BCUT2D eigenvalue weighted by Crippen LogP contribution is -2.48. The SMILES string of the molecule is CCCNc1nc(N2CCN(c3ccccc3OC)CC2)ccc1C(=O)NN1CCOCC1.Cl. The number of pyridine rings is 1. The lowest BCUT2D eigenvalue weighted by atomic mass is 10.2. The number of amides is 1. The third kappa shape index (κ3) is 6.22. The van der Waals surface area contributed by atoms with E-state index in [4.69, 9.17) is 14.5 Å². The van der Waals surface area contributed by atoms with Crippen LogP contribution in [0, 0.1) is 0 Å². The molecule has 0 radical (unpaired) electrons. The van der Waals surface area contributed by atoms with E-state index in [-0.39, 0.29) is 18.3 Å². The van der Waals surface area contributed by atoms with Gasteiger partial charge in [0.25, 0.3) is 5.91 Å². The van der Waals surface area contributed by atoms with Crippen molar-refractivity contribution in [2.75, 3.05) is 81.3 Å². The van der Waals surface area contributed by atoms with E-state index in [2.05, 4.69) is 33.5 Å². The summed E-state index contributed by atoms with van der Waals surface area (Å²) in [6.07, 6.45) is 0.952. The second-order valence-electron chi connectivity index (χ2n) is 8.18. The summed E-state index contributed by atoms with van der Waals surface area (Å²) in [7, 11) is 1.71. The summed E-state index contributed by atoms with van der Waals surface area (Å²) in [5, 5.41) is 5.24. The van der Waals surface area contributed by atoms with E-state index in [1.807, 2.05) is 35.3 Å². The van der Waals surface area contributed by atoms with E-state index in [1.165, 1.54) is 0 Å². The first kappa shape index (κ1) is 25.9. The number of halogens is 1. The van der Waals surface area contributed by atoms with Gasteiger partial charge in [-0.1, -0.05) is 19.1 Å². The monoisotopic (exact) mass is 490 g/mol. The Bertz CT molecular complexity index is 933. The fraction of sp³-hybridized carbons (Fsp3) is 0.500. The van der Waals surface area contributed by atoms with E-state index in [0.29, 0.717) is 37.7 Å². The van der Waals surface area contributed by atoms with Gasteiger partial charge in [0.2, 0.25) is 0 Å². The van der Waals surface area contributed by atoms with Crippen molar-refractivity contribution in [3.63, 3.8) is 0 Å². The molecule has 2 saturated heterocycles. The third-order valence-electron chi connectivity index (χ3n) is 5.97. The minimum absolute atomic E-state index is 0. The van der Waals surface area contributed by atoms with Crippen LogP contribution < -0.4 is 25.3 Å². The molecule has 1 aromatic heterocycles. The number of anilines is 3. The Labute approximate surface area is 207 Å². The van der Waals surface area contributed by atoms with Crippen molar-refractivity contribution in [3.05, 3.63) is 42.0 Å². The molecule has 2 fully saturated rings.